The summed E-state index contributed by atoms with van der Waals surface area (Å²) in [5.74, 6) is 0. The van der Waals surface area contributed by atoms with E-state index in [9.17, 15) is 0 Å². The van der Waals surface area contributed by atoms with Gasteiger partial charge >= 0.3 is 0 Å². The Morgan fingerprint density at radius 3 is 1.49 bits per heavy atom. The van der Waals surface area contributed by atoms with Crippen LogP contribution in [-0.4, -0.2) is 0 Å². The fraction of sp³-hybridized carbons (Fsp3) is 0.139. The molecule has 0 heterocycles. The summed E-state index contributed by atoms with van der Waals surface area (Å²) in [6.45, 7) is 16.4. The van der Waals surface area contributed by atoms with Crippen LogP contribution in [-0.2, 0) is 16.2 Å². The van der Waals surface area contributed by atoms with Crippen LogP contribution in [0.5, 0.6) is 0 Å². The first-order valence-electron chi connectivity index (χ1n) is 25.9. The average molecular weight is 940 g/mol. The summed E-state index contributed by atoms with van der Waals surface area (Å²) in [7, 11) is 0. The van der Waals surface area contributed by atoms with Gasteiger partial charge in [0.05, 0.1) is 11.4 Å². The zero-order valence-corrected chi connectivity index (χ0v) is 43.0. The summed E-state index contributed by atoms with van der Waals surface area (Å²) in [6, 6.07) is 90.8. The first kappa shape index (κ1) is 45.9. The monoisotopic (exact) mass is 939 g/mol. The van der Waals surface area contributed by atoms with E-state index in [0.717, 1.165) is 22.6 Å². The van der Waals surface area contributed by atoms with Crippen LogP contribution >= 0.6 is 0 Å². The maximum Gasteiger partial charge on any atom is 0.0540 e. The molecule has 1 atom stereocenters. The first-order valence-corrected chi connectivity index (χ1v) is 25.9. The predicted octanol–water partition coefficient (Wildman–Crippen LogP) is 20.1. The lowest BCUT2D eigenvalue weighted by Gasteiger charge is -2.31. The van der Waals surface area contributed by atoms with Crippen molar-refractivity contribution in [2.45, 2.75) is 64.7 Å². The van der Waals surface area contributed by atoms with Crippen LogP contribution in [0, 0.1) is 0 Å². The van der Waals surface area contributed by atoms with Crippen LogP contribution in [0.4, 0.5) is 17.1 Å². The summed E-state index contributed by atoms with van der Waals surface area (Å²) >= 11 is 0. The highest BCUT2D eigenvalue weighted by molar-refractivity contribution is 6.09. The molecule has 1 aliphatic carbocycles. The van der Waals surface area contributed by atoms with Gasteiger partial charge in [0.2, 0.25) is 0 Å². The van der Waals surface area contributed by atoms with E-state index < -0.39 is 0 Å². The van der Waals surface area contributed by atoms with Gasteiger partial charge in [0.1, 0.15) is 0 Å². The Bertz CT molecular complexity index is 3840. The van der Waals surface area contributed by atoms with E-state index in [4.69, 9.17) is 0 Å². The van der Waals surface area contributed by atoms with Crippen molar-refractivity contribution < 1.29 is 0 Å². The highest BCUT2D eigenvalue weighted by atomic mass is 15.1. The standard InChI is InChI=1S/C72H61N/c1-70(2,3)55-45-53(46-56(47-55)71(4,5)6)58-31-19-24-50-25-20-32-61(68(50)58)59-28-14-17-36-66(59)73(57-42-40-49(41-43-57)52-39-38-48-22-11-12-23-51(48)44-52)67-37-18-15-29-60(67)62-33-21-35-65-69(62)63-30-13-16-34-64(63)72(65,7)54-26-9-8-10-27-54/h8-47H,1-7H3. The molecule has 0 saturated heterocycles. The van der Waals surface area contributed by atoms with Crippen LogP contribution in [0.3, 0.4) is 0 Å². The Labute approximate surface area is 432 Å². The maximum atomic E-state index is 2.52. The molecule has 1 aliphatic rings. The summed E-state index contributed by atoms with van der Waals surface area (Å²) < 4.78 is 0. The molecule has 0 spiro atoms. The van der Waals surface area contributed by atoms with E-state index in [1.807, 2.05) is 0 Å². The third kappa shape index (κ3) is 7.96. The van der Waals surface area contributed by atoms with Crippen molar-refractivity contribution in [1.82, 2.24) is 0 Å². The van der Waals surface area contributed by atoms with Crippen molar-refractivity contribution in [3.8, 4) is 55.6 Å². The Kier molecular flexibility index (Phi) is 11.2. The quantitative estimate of drug-likeness (QED) is 0.147. The molecular formula is C72H61N. The molecule has 11 aromatic rings. The molecule has 1 unspecified atom stereocenters. The molecule has 0 N–H and O–H groups in total. The Morgan fingerprint density at radius 1 is 0.329 bits per heavy atom. The molecule has 12 rings (SSSR count). The normalized spacial score (nSPS) is 14.3. The lowest BCUT2D eigenvalue weighted by molar-refractivity contribution is 0.569. The molecule has 11 aromatic carbocycles. The molecule has 73 heavy (non-hydrogen) atoms. The Morgan fingerprint density at radius 2 is 0.822 bits per heavy atom. The van der Waals surface area contributed by atoms with E-state index in [2.05, 4.69) is 296 Å². The first-order chi connectivity index (χ1) is 35.4. The number of hydrogen-bond acceptors (Lipinski definition) is 1. The Balaban J connectivity index is 1.10. The molecule has 0 aromatic heterocycles. The van der Waals surface area contributed by atoms with Gasteiger partial charge in [-0.15, -0.1) is 0 Å². The predicted molar refractivity (Wildman–Crippen MR) is 313 cm³/mol. The lowest BCUT2D eigenvalue weighted by Crippen LogP contribution is -2.22. The van der Waals surface area contributed by atoms with Crippen molar-refractivity contribution in [2.75, 3.05) is 4.90 Å². The van der Waals surface area contributed by atoms with E-state index in [1.54, 1.807) is 0 Å². The van der Waals surface area contributed by atoms with E-state index in [-0.39, 0.29) is 16.2 Å². The van der Waals surface area contributed by atoms with Gasteiger partial charge in [-0.1, -0.05) is 254 Å². The molecule has 0 aliphatic heterocycles. The SMILES string of the molecule is CC(C)(C)c1cc(-c2cccc3cccc(-c4ccccc4N(c4ccc(-c5ccc6ccccc6c5)cc4)c4ccccc4-c4cccc5c4-c4ccccc4C5(C)c4ccccc4)c23)cc(C(C)(C)C)c1. The molecule has 0 bridgehead atoms. The van der Waals surface area contributed by atoms with Gasteiger partial charge in [0.15, 0.2) is 0 Å². The lowest BCUT2D eigenvalue weighted by atomic mass is 9.74. The number of hydrogen-bond donors (Lipinski definition) is 0. The number of benzene rings is 11. The molecule has 1 nitrogen and oxygen atoms in total. The second kappa shape index (κ2) is 17.8. The topological polar surface area (TPSA) is 3.24 Å². The van der Waals surface area contributed by atoms with E-state index in [0.29, 0.717) is 0 Å². The zero-order valence-electron chi connectivity index (χ0n) is 43.0. The Hall–Kier alpha value is -8.26. The van der Waals surface area contributed by atoms with Crippen molar-refractivity contribution in [1.29, 1.82) is 0 Å². The molecule has 0 radical (unpaired) electrons. The van der Waals surface area contributed by atoms with Gasteiger partial charge in [-0.25, -0.2) is 0 Å². The average Bonchev–Trinajstić information content (AvgIpc) is 3.69. The third-order valence-electron chi connectivity index (χ3n) is 15.6. The van der Waals surface area contributed by atoms with E-state index >= 15 is 0 Å². The van der Waals surface area contributed by atoms with E-state index in [1.165, 1.54) is 99.4 Å². The highest BCUT2D eigenvalue weighted by Gasteiger charge is 2.42. The van der Waals surface area contributed by atoms with Gasteiger partial charge in [0.25, 0.3) is 0 Å². The summed E-state index contributed by atoms with van der Waals surface area (Å²) in [4.78, 5) is 2.52. The summed E-state index contributed by atoms with van der Waals surface area (Å²) in [6.07, 6.45) is 0. The molecule has 1 heteroatoms. The second-order valence-corrected chi connectivity index (χ2v) is 22.3. The molecular weight excluding hydrogens is 879 g/mol. The van der Waals surface area contributed by atoms with Crippen molar-refractivity contribution in [3.63, 3.8) is 0 Å². The molecule has 0 fully saturated rings. The minimum absolute atomic E-state index is 0.0190. The third-order valence-corrected chi connectivity index (χ3v) is 15.6. The van der Waals surface area contributed by atoms with Gasteiger partial charge in [-0.05, 0) is 142 Å². The molecule has 0 saturated carbocycles. The fourth-order valence-electron chi connectivity index (χ4n) is 11.7. The number of para-hydroxylation sites is 2. The summed E-state index contributed by atoms with van der Waals surface area (Å²) in [5.41, 5.74) is 21.8. The number of nitrogens with zero attached hydrogens (tertiary/aromatic N) is 1. The highest BCUT2D eigenvalue weighted by Crippen LogP contribution is 2.57. The molecule has 0 amide bonds. The maximum absolute atomic E-state index is 2.52. The van der Waals surface area contributed by atoms with Crippen molar-refractivity contribution >= 4 is 38.6 Å². The van der Waals surface area contributed by atoms with Gasteiger partial charge in [-0.2, -0.15) is 0 Å². The van der Waals surface area contributed by atoms with Crippen LogP contribution < -0.4 is 4.90 Å². The second-order valence-electron chi connectivity index (χ2n) is 22.3. The number of anilines is 3. The van der Waals surface area contributed by atoms with Crippen LogP contribution in [0.1, 0.15) is 76.3 Å². The smallest absolute Gasteiger partial charge is 0.0540 e. The minimum Gasteiger partial charge on any atom is -0.309 e. The van der Waals surface area contributed by atoms with Gasteiger partial charge in [0, 0.05) is 22.2 Å². The van der Waals surface area contributed by atoms with Crippen LogP contribution in [0.2, 0.25) is 0 Å². The van der Waals surface area contributed by atoms with Crippen LogP contribution in [0.15, 0.2) is 243 Å². The largest absolute Gasteiger partial charge is 0.309 e. The van der Waals surface area contributed by atoms with Crippen LogP contribution in [0.25, 0.3) is 77.2 Å². The molecule has 354 valence electrons. The number of rotatable bonds is 8. The zero-order chi connectivity index (χ0) is 50.1. The minimum atomic E-state index is -0.324. The summed E-state index contributed by atoms with van der Waals surface area (Å²) in [5, 5.41) is 4.95. The van der Waals surface area contributed by atoms with Crippen molar-refractivity contribution in [2.24, 2.45) is 0 Å². The van der Waals surface area contributed by atoms with Gasteiger partial charge < -0.3 is 4.90 Å². The van der Waals surface area contributed by atoms with Gasteiger partial charge in [-0.3, -0.25) is 0 Å². The number of fused-ring (bicyclic) bond motifs is 5. The van der Waals surface area contributed by atoms with Crippen molar-refractivity contribution in [3.05, 3.63) is 270 Å². The fourth-order valence-corrected chi connectivity index (χ4v) is 11.7.